The SMILES string of the molecule is C=C1C(=O)O[C@@H]2[C@H]3C(C)=CCC3=C(C)C[C@H](OC(=O)/C(C)=C/C)[C@@H]12. The average Bonchev–Trinajstić information content (AvgIpc) is 3.02. The van der Waals surface area contributed by atoms with Crippen molar-refractivity contribution < 1.29 is 19.1 Å². The number of carbonyl (C=O) groups is 2. The highest BCUT2D eigenvalue weighted by atomic mass is 16.6. The van der Waals surface area contributed by atoms with Gasteiger partial charge in [-0.3, -0.25) is 0 Å². The number of esters is 2. The van der Waals surface area contributed by atoms with Crippen molar-refractivity contribution in [1.29, 1.82) is 0 Å². The molecule has 1 fully saturated rings. The topological polar surface area (TPSA) is 52.6 Å². The van der Waals surface area contributed by atoms with E-state index >= 15 is 0 Å². The van der Waals surface area contributed by atoms with Crippen LogP contribution in [0.15, 0.2) is 46.6 Å². The second-order valence-electron chi connectivity index (χ2n) is 6.98. The largest absolute Gasteiger partial charge is 0.458 e. The molecule has 0 unspecified atom stereocenters. The van der Waals surface area contributed by atoms with Gasteiger partial charge in [-0.15, -0.1) is 0 Å². The van der Waals surface area contributed by atoms with Gasteiger partial charge in [0.25, 0.3) is 0 Å². The molecule has 0 spiro atoms. The van der Waals surface area contributed by atoms with Crippen molar-refractivity contribution in [2.75, 3.05) is 0 Å². The number of rotatable bonds is 2. The van der Waals surface area contributed by atoms with E-state index in [0.29, 0.717) is 17.6 Å². The maximum atomic E-state index is 12.3. The van der Waals surface area contributed by atoms with Crippen LogP contribution in [-0.4, -0.2) is 24.1 Å². The first-order chi connectivity index (χ1) is 11.3. The summed E-state index contributed by atoms with van der Waals surface area (Å²) >= 11 is 0. The molecule has 4 heteroatoms. The number of ether oxygens (including phenoxy) is 2. The number of carbonyl (C=O) groups excluding carboxylic acids is 2. The van der Waals surface area contributed by atoms with Crippen molar-refractivity contribution in [3.63, 3.8) is 0 Å². The smallest absolute Gasteiger partial charge is 0.334 e. The minimum absolute atomic E-state index is 0.0877. The highest BCUT2D eigenvalue weighted by molar-refractivity contribution is 5.92. The summed E-state index contributed by atoms with van der Waals surface area (Å²) in [5.74, 6) is -0.910. The van der Waals surface area contributed by atoms with E-state index in [1.807, 2.05) is 0 Å². The molecule has 4 nitrogen and oxygen atoms in total. The Morgan fingerprint density at radius 3 is 2.79 bits per heavy atom. The monoisotopic (exact) mass is 328 g/mol. The maximum Gasteiger partial charge on any atom is 0.334 e. The van der Waals surface area contributed by atoms with Crippen LogP contribution in [0.2, 0.25) is 0 Å². The van der Waals surface area contributed by atoms with E-state index in [0.717, 1.165) is 6.42 Å². The summed E-state index contributed by atoms with van der Waals surface area (Å²) in [5.41, 5.74) is 4.73. The quantitative estimate of drug-likeness (QED) is 0.441. The van der Waals surface area contributed by atoms with Gasteiger partial charge in [0.1, 0.15) is 12.2 Å². The summed E-state index contributed by atoms with van der Waals surface area (Å²) < 4.78 is 11.4. The maximum absolute atomic E-state index is 12.3. The standard InChI is InChI=1S/C20H24O4/c1-6-10(2)19(21)23-15-9-12(4)14-8-7-11(3)16(14)18-17(15)13(5)20(22)24-18/h6-7,15-18H,5,8-9H2,1-4H3/b10-6+/t15-,16-,17+,18+/m0/s1. The molecular weight excluding hydrogens is 304 g/mol. The number of hydrogen-bond acceptors (Lipinski definition) is 4. The molecular formula is C20H24O4. The zero-order valence-electron chi connectivity index (χ0n) is 14.7. The summed E-state index contributed by atoms with van der Waals surface area (Å²) in [6.07, 6.45) is 4.69. The first-order valence-electron chi connectivity index (χ1n) is 8.44. The van der Waals surface area contributed by atoms with E-state index in [1.165, 1.54) is 16.7 Å². The van der Waals surface area contributed by atoms with Gasteiger partial charge in [0, 0.05) is 23.5 Å². The van der Waals surface area contributed by atoms with Gasteiger partial charge in [0.05, 0.1) is 5.92 Å². The summed E-state index contributed by atoms with van der Waals surface area (Å²) in [6, 6.07) is 0. The Balaban J connectivity index is 1.99. The highest BCUT2D eigenvalue weighted by Gasteiger charge is 2.52. The van der Waals surface area contributed by atoms with Crippen molar-refractivity contribution in [3.05, 3.63) is 46.6 Å². The third kappa shape index (κ3) is 2.54. The van der Waals surface area contributed by atoms with Gasteiger partial charge in [-0.2, -0.15) is 0 Å². The van der Waals surface area contributed by atoms with Gasteiger partial charge in [-0.05, 0) is 34.1 Å². The van der Waals surface area contributed by atoms with E-state index in [9.17, 15) is 9.59 Å². The summed E-state index contributed by atoms with van der Waals surface area (Å²) in [5, 5.41) is 0. The molecule has 0 aromatic rings. The first-order valence-corrected chi connectivity index (χ1v) is 8.44. The minimum atomic E-state index is -0.415. The summed E-state index contributed by atoms with van der Waals surface area (Å²) in [7, 11) is 0. The minimum Gasteiger partial charge on any atom is -0.458 e. The molecule has 0 saturated carbocycles. The van der Waals surface area contributed by atoms with Crippen molar-refractivity contribution in [1.82, 2.24) is 0 Å². The molecule has 0 bridgehead atoms. The lowest BCUT2D eigenvalue weighted by atomic mass is 9.82. The summed E-state index contributed by atoms with van der Waals surface area (Å²) in [6.45, 7) is 11.6. The molecule has 3 aliphatic rings. The van der Waals surface area contributed by atoms with Crippen LogP contribution in [0.3, 0.4) is 0 Å². The Labute approximate surface area is 142 Å². The molecule has 1 heterocycles. The third-order valence-corrected chi connectivity index (χ3v) is 5.57. The fourth-order valence-electron chi connectivity index (χ4n) is 4.04. The molecule has 128 valence electrons. The zero-order valence-corrected chi connectivity index (χ0v) is 14.7. The van der Waals surface area contributed by atoms with Crippen molar-refractivity contribution in [2.45, 2.75) is 52.7 Å². The number of allylic oxidation sites excluding steroid dienone is 2. The predicted molar refractivity (Wildman–Crippen MR) is 91.0 cm³/mol. The molecule has 3 rings (SSSR count). The Kier molecular flexibility index (Phi) is 4.24. The molecule has 0 radical (unpaired) electrons. The second kappa shape index (κ2) is 6.08. The lowest BCUT2D eigenvalue weighted by molar-refractivity contribution is -0.148. The van der Waals surface area contributed by atoms with Crippen LogP contribution >= 0.6 is 0 Å². The van der Waals surface area contributed by atoms with Crippen molar-refractivity contribution in [2.24, 2.45) is 11.8 Å². The molecule has 0 aromatic heterocycles. The second-order valence-corrected chi connectivity index (χ2v) is 6.98. The van der Waals surface area contributed by atoms with E-state index in [1.54, 1.807) is 19.9 Å². The van der Waals surface area contributed by atoms with Crippen LogP contribution in [0.4, 0.5) is 0 Å². The fourth-order valence-corrected chi connectivity index (χ4v) is 4.04. The molecule has 4 atom stereocenters. The zero-order chi connectivity index (χ0) is 17.6. The number of fused-ring (bicyclic) bond motifs is 3. The lowest BCUT2D eigenvalue weighted by Crippen LogP contribution is -2.36. The van der Waals surface area contributed by atoms with Crippen LogP contribution < -0.4 is 0 Å². The van der Waals surface area contributed by atoms with Crippen molar-refractivity contribution in [3.8, 4) is 0 Å². The van der Waals surface area contributed by atoms with Crippen LogP contribution in [-0.2, 0) is 19.1 Å². The van der Waals surface area contributed by atoms with Crippen molar-refractivity contribution >= 4 is 11.9 Å². The fraction of sp³-hybridized carbons (Fsp3) is 0.500. The van der Waals surface area contributed by atoms with Gasteiger partial charge in [-0.1, -0.05) is 35.5 Å². The molecule has 24 heavy (non-hydrogen) atoms. The van der Waals surface area contributed by atoms with Gasteiger partial charge in [0.15, 0.2) is 0 Å². The van der Waals surface area contributed by atoms with Gasteiger partial charge in [0.2, 0.25) is 0 Å². The Morgan fingerprint density at radius 1 is 1.42 bits per heavy atom. The van der Waals surface area contributed by atoms with Crippen LogP contribution in [0, 0.1) is 11.8 Å². The van der Waals surface area contributed by atoms with E-state index in [4.69, 9.17) is 9.47 Å². The number of hydrogen-bond donors (Lipinski definition) is 0. The third-order valence-electron chi connectivity index (χ3n) is 5.57. The molecule has 0 N–H and O–H groups in total. The Hall–Kier alpha value is -2.10. The molecule has 0 aromatic carbocycles. The van der Waals surface area contributed by atoms with E-state index in [-0.39, 0.29) is 29.9 Å². The molecule has 0 amide bonds. The molecule has 1 saturated heterocycles. The average molecular weight is 328 g/mol. The van der Waals surface area contributed by atoms with Crippen LogP contribution in [0.1, 0.15) is 40.5 Å². The molecule has 2 aliphatic carbocycles. The van der Waals surface area contributed by atoms with Gasteiger partial charge < -0.3 is 9.47 Å². The van der Waals surface area contributed by atoms with Crippen LogP contribution in [0.5, 0.6) is 0 Å². The lowest BCUT2D eigenvalue weighted by Gasteiger charge is -2.28. The van der Waals surface area contributed by atoms with Crippen LogP contribution in [0.25, 0.3) is 0 Å². The highest BCUT2D eigenvalue weighted by Crippen LogP contribution is 2.49. The Bertz CT molecular complexity index is 707. The summed E-state index contributed by atoms with van der Waals surface area (Å²) in [4.78, 5) is 24.4. The Morgan fingerprint density at radius 2 is 2.12 bits per heavy atom. The molecule has 1 aliphatic heterocycles. The normalized spacial score (nSPS) is 32.8. The van der Waals surface area contributed by atoms with E-state index in [2.05, 4.69) is 26.5 Å². The first kappa shape index (κ1) is 16.7. The van der Waals surface area contributed by atoms with Gasteiger partial charge >= 0.3 is 11.9 Å². The predicted octanol–water partition coefficient (Wildman–Crippen LogP) is 3.65. The van der Waals surface area contributed by atoms with Gasteiger partial charge in [-0.25, -0.2) is 9.59 Å². The van der Waals surface area contributed by atoms with E-state index < -0.39 is 6.10 Å².